The van der Waals surface area contributed by atoms with Crippen LogP contribution in [0.25, 0.3) is 0 Å². The van der Waals surface area contributed by atoms with Crippen molar-refractivity contribution in [1.29, 1.82) is 0 Å². The third kappa shape index (κ3) is 3.75. The van der Waals surface area contributed by atoms with E-state index in [0.29, 0.717) is 24.3 Å². The molecule has 0 bridgehead atoms. The van der Waals surface area contributed by atoms with Gasteiger partial charge >= 0.3 is 0 Å². The average molecular weight is 310 g/mol. The van der Waals surface area contributed by atoms with Crippen LogP contribution < -0.4 is 5.73 Å². The summed E-state index contributed by atoms with van der Waals surface area (Å²) < 4.78 is 23.3. The number of amides is 1. The number of piperidine rings is 1. The normalized spacial score (nSPS) is 18.5. The monoisotopic (exact) mass is 310 g/mol. The van der Waals surface area contributed by atoms with Crippen LogP contribution in [-0.4, -0.2) is 38.6 Å². The predicted molar refractivity (Wildman–Crippen MR) is 82.9 cm³/mol. The average Bonchev–Trinajstić information content (AvgIpc) is 2.36. The molecular weight excluding hydrogens is 288 g/mol. The molecule has 2 rings (SSSR count). The molecule has 5 nitrogen and oxygen atoms in total. The van der Waals surface area contributed by atoms with Crippen molar-refractivity contribution in [3.63, 3.8) is 0 Å². The Hall–Kier alpha value is -1.56. The van der Waals surface area contributed by atoms with E-state index in [1.54, 1.807) is 4.90 Å². The molecular formula is C15H22N2O3S. The van der Waals surface area contributed by atoms with Crippen LogP contribution in [-0.2, 0) is 9.84 Å². The van der Waals surface area contributed by atoms with Crippen molar-refractivity contribution in [2.75, 3.05) is 25.1 Å². The van der Waals surface area contributed by atoms with Gasteiger partial charge in [-0.2, -0.15) is 0 Å². The Labute approximate surface area is 126 Å². The van der Waals surface area contributed by atoms with Gasteiger partial charge in [-0.1, -0.05) is 13.8 Å². The van der Waals surface area contributed by atoms with Gasteiger partial charge < -0.3 is 10.6 Å². The first-order chi connectivity index (χ1) is 9.58. The number of carbonyl (C=O) groups excluding carboxylic acids is 1. The number of sulfone groups is 1. The molecule has 1 heterocycles. The summed E-state index contributed by atoms with van der Waals surface area (Å²) >= 11 is 0. The van der Waals surface area contributed by atoms with Gasteiger partial charge in [0, 0.05) is 30.6 Å². The Kier molecular flexibility index (Phi) is 4.02. The zero-order valence-electron chi connectivity index (χ0n) is 12.7. The second-order valence-corrected chi connectivity index (χ2v) is 8.54. The van der Waals surface area contributed by atoms with Crippen molar-refractivity contribution in [2.24, 2.45) is 5.41 Å². The molecule has 0 aliphatic carbocycles. The van der Waals surface area contributed by atoms with Gasteiger partial charge in [-0.05, 0) is 36.5 Å². The highest BCUT2D eigenvalue weighted by molar-refractivity contribution is 7.90. The second kappa shape index (κ2) is 5.33. The molecule has 6 heteroatoms. The van der Waals surface area contributed by atoms with Gasteiger partial charge in [0.25, 0.3) is 5.91 Å². The lowest BCUT2D eigenvalue weighted by Gasteiger charge is -2.37. The van der Waals surface area contributed by atoms with E-state index in [2.05, 4.69) is 13.8 Å². The van der Waals surface area contributed by atoms with Crippen LogP contribution in [0, 0.1) is 5.41 Å². The lowest BCUT2D eigenvalue weighted by molar-refractivity contribution is 0.0630. The van der Waals surface area contributed by atoms with Gasteiger partial charge in [-0.3, -0.25) is 4.79 Å². The van der Waals surface area contributed by atoms with Crippen LogP contribution in [0.1, 0.15) is 37.0 Å². The molecule has 2 N–H and O–H groups in total. The van der Waals surface area contributed by atoms with E-state index in [-0.39, 0.29) is 16.2 Å². The topological polar surface area (TPSA) is 80.5 Å². The first kappa shape index (κ1) is 15.8. The summed E-state index contributed by atoms with van der Waals surface area (Å²) in [6.45, 7) is 5.76. The smallest absolute Gasteiger partial charge is 0.253 e. The number of hydrogen-bond acceptors (Lipinski definition) is 4. The maximum Gasteiger partial charge on any atom is 0.253 e. The van der Waals surface area contributed by atoms with Crippen LogP contribution in [0.15, 0.2) is 23.1 Å². The number of nitrogens with two attached hydrogens (primary N) is 1. The Bertz CT molecular complexity index is 655. The summed E-state index contributed by atoms with van der Waals surface area (Å²) in [5.74, 6) is -0.150. The molecule has 0 saturated carbocycles. The van der Waals surface area contributed by atoms with E-state index >= 15 is 0 Å². The third-order valence-electron chi connectivity index (χ3n) is 4.01. The predicted octanol–water partition coefficient (Wildman–Crippen LogP) is 1.93. The summed E-state index contributed by atoms with van der Waals surface area (Å²) in [5, 5.41) is 0. The largest absolute Gasteiger partial charge is 0.399 e. The first-order valence-electron chi connectivity index (χ1n) is 6.98. The van der Waals surface area contributed by atoms with Crippen molar-refractivity contribution in [3.05, 3.63) is 23.8 Å². The summed E-state index contributed by atoms with van der Waals surface area (Å²) in [7, 11) is -3.38. The summed E-state index contributed by atoms with van der Waals surface area (Å²) in [6.07, 6.45) is 3.00. The highest BCUT2D eigenvalue weighted by Crippen LogP contribution is 2.30. The third-order valence-corrected chi connectivity index (χ3v) is 5.10. The summed E-state index contributed by atoms with van der Waals surface area (Å²) in [4.78, 5) is 14.4. The highest BCUT2D eigenvalue weighted by Gasteiger charge is 2.28. The Morgan fingerprint density at radius 1 is 1.19 bits per heavy atom. The number of benzene rings is 1. The molecule has 1 aromatic rings. The fourth-order valence-corrected chi connectivity index (χ4v) is 3.15. The van der Waals surface area contributed by atoms with Crippen LogP contribution in [0.3, 0.4) is 0 Å². The summed E-state index contributed by atoms with van der Waals surface area (Å²) in [6, 6.07) is 4.33. The molecule has 0 atom stereocenters. The van der Waals surface area contributed by atoms with Crippen molar-refractivity contribution in [1.82, 2.24) is 4.90 Å². The number of carbonyl (C=O) groups is 1. The molecule has 21 heavy (non-hydrogen) atoms. The number of likely N-dealkylation sites (tertiary alicyclic amines) is 1. The zero-order valence-corrected chi connectivity index (χ0v) is 13.5. The van der Waals surface area contributed by atoms with Crippen LogP contribution in [0.5, 0.6) is 0 Å². The lowest BCUT2D eigenvalue weighted by Crippen LogP contribution is -2.41. The minimum absolute atomic E-state index is 0.0863. The van der Waals surface area contributed by atoms with Gasteiger partial charge in [-0.15, -0.1) is 0 Å². The maximum absolute atomic E-state index is 12.5. The molecule has 1 amide bonds. The maximum atomic E-state index is 12.5. The van der Waals surface area contributed by atoms with Gasteiger partial charge in [-0.25, -0.2) is 8.42 Å². The molecule has 116 valence electrons. The first-order valence-corrected chi connectivity index (χ1v) is 8.88. The Morgan fingerprint density at radius 2 is 1.76 bits per heavy atom. The van der Waals surface area contributed by atoms with E-state index in [9.17, 15) is 13.2 Å². The standard InChI is InChI=1S/C15H22N2O3S/c1-15(2)4-6-17(7-5-15)14(18)11-8-12(16)10-13(9-11)21(3,19)20/h8-10H,4-7,16H2,1-3H3. The molecule has 0 aromatic heterocycles. The molecule has 1 aliphatic rings. The van der Waals surface area contributed by atoms with Crippen LogP contribution in [0.2, 0.25) is 0 Å². The lowest BCUT2D eigenvalue weighted by atomic mass is 9.82. The number of nitrogen functional groups attached to an aromatic ring is 1. The minimum atomic E-state index is -3.38. The number of anilines is 1. The van der Waals surface area contributed by atoms with Crippen molar-refractivity contribution >= 4 is 21.4 Å². The van der Waals surface area contributed by atoms with E-state index in [1.165, 1.54) is 18.2 Å². The zero-order chi connectivity index (χ0) is 15.8. The molecule has 0 unspecified atom stereocenters. The number of hydrogen-bond donors (Lipinski definition) is 1. The van der Waals surface area contributed by atoms with Gasteiger partial charge in [0.1, 0.15) is 0 Å². The molecule has 1 aromatic carbocycles. The van der Waals surface area contributed by atoms with Gasteiger partial charge in [0.05, 0.1) is 4.90 Å². The quantitative estimate of drug-likeness (QED) is 0.846. The van der Waals surface area contributed by atoms with Crippen molar-refractivity contribution in [2.45, 2.75) is 31.6 Å². The van der Waals surface area contributed by atoms with E-state index < -0.39 is 9.84 Å². The SMILES string of the molecule is CC1(C)CCN(C(=O)c2cc(N)cc(S(C)(=O)=O)c2)CC1. The van der Waals surface area contributed by atoms with Gasteiger partial charge in [0.2, 0.25) is 0 Å². The number of rotatable bonds is 2. The highest BCUT2D eigenvalue weighted by atomic mass is 32.2. The fourth-order valence-electron chi connectivity index (χ4n) is 2.46. The molecule has 1 fully saturated rings. The van der Waals surface area contributed by atoms with Crippen LogP contribution in [0.4, 0.5) is 5.69 Å². The summed E-state index contributed by atoms with van der Waals surface area (Å²) in [5.41, 5.74) is 6.62. The van der Waals surface area contributed by atoms with Crippen molar-refractivity contribution in [3.8, 4) is 0 Å². The van der Waals surface area contributed by atoms with E-state index in [0.717, 1.165) is 19.1 Å². The number of nitrogens with zero attached hydrogens (tertiary/aromatic N) is 1. The minimum Gasteiger partial charge on any atom is -0.399 e. The molecule has 0 spiro atoms. The second-order valence-electron chi connectivity index (χ2n) is 6.52. The Morgan fingerprint density at radius 3 is 2.29 bits per heavy atom. The fraction of sp³-hybridized carbons (Fsp3) is 0.533. The van der Waals surface area contributed by atoms with Crippen molar-refractivity contribution < 1.29 is 13.2 Å². The van der Waals surface area contributed by atoms with Gasteiger partial charge in [0.15, 0.2) is 9.84 Å². The molecule has 0 radical (unpaired) electrons. The van der Waals surface area contributed by atoms with E-state index in [1.807, 2.05) is 0 Å². The Balaban J connectivity index is 2.26. The van der Waals surface area contributed by atoms with E-state index in [4.69, 9.17) is 5.73 Å². The molecule has 1 saturated heterocycles. The van der Waals surface area contributed by atoms with Crippen LogP contribution >= 0.6 is 0 Å². The molecule has 1 aliphatic heterocycles.